The van der Waals surface area contributed by atoms with Gasteiger partial charge in [-0.2, -0.15) is 0 Å². The van der Waals surface area contributed by atoms with E-state index in [4.69, 9.17) is 9.47 Å². The third-order valence-electron chi connectivity index (χ3n) is 3.47. The fourth-order valence-corrected chi connectivity index (χ4v) is 2.78. The lowest BCUT2D eigenvalue weighted by Gasteiger charge is -2.39. The first-order valence-corrected chi connectivity index (χ1v) is 7.40. The van der Waals surface area contributed by atoms with Crippen molar-refractivity contribution in [3.05, 3.63) is 0 Å². The molecule has 0 saturated carbocycles. The van der Waals surface area contributed by atoms with Gasteiger partial charge in [0.1, 0.15) is 0 Å². The summed E-state index contributed by atoms with van der Waals surface area (Å²) in [6.45, 7) is 4.76. The summed E-state index contributed by atoms with van der Waals surface area (Å²) in [5.74, 6) is 0.298. The third-order valence-corrected chi connectivity index (χ3v) is 4.19. The number of halogens is 1. The lowest BCUT2D eigenvalue weighted by atomic mass is 9.99. The molecular weight excluding hydrogens is 286 g/mol. The second-order valence-electron chi connectivity index (χ2n) is 4.86. The van der Waals surface area contributed by atoms with Crippen molar-refractivity contribution in [2.75, 3.05) is 31.7 Å². The summed E-state index contributed by atoms with van der Waals surface area (Å²) in [5, 5.41) is 0.782. The summed E-state index contributed by atoms with van der Waals surface area (Å²) >= 11 is 3.42. The van der Waals surface area contributed by atoms with Gasteiger partial charge in [-0.25, -0.2) is 0 Å². The normalized spacial score (nSPS) is 34.7. The number of hydrogen-bond acceptors (Lipinski definition) is 3. The minimum Gasteiger partial charge on any atom is -0.381 e. The quantitative estimate of drug-likeness (QED) is 0.724. The van der Waals surface area contributed by atoms with Crippen molar-refractivity contribution in [1.29, 1.82) is 0 Å². The second-order valence-corrected chi connectivity index (χ2v) is 5.51. The first-order chi connectivity index (χ1) is 8.22. The molecule has 2 aliphatic heterocycles. The molecule has 3 unspecified atom stereocenters. The van der Waals surface area contributed by atoms with Gasteiger partial charge in [0.25, 0.3) is 0 Å². The number of carbonyl (C=O) groups is 1. The van der Waals surface area contributed by atoms with Gasteiger partial charge in [-0.05, 0) is 19.8 Å². The van der Waals surface area contributed by atoms with Gasteiger partial charge in [-0.3, -0.25) is 4.79 Å². The Morgan fingerprint density at radius 3 is 2.94 bits per heavy atom. The van der Waals surface area contributed by atoms with Crippen LogP contribution >= 0.6 is 15.9 Å². The molecule has 98 valence electrons. The molecule has 17 heavy (non-hydrogen) atoms. The number of rotatable bonds is 2. The number of hydrogen-bond donors (Lipinski definition) is 0. The largest absolute Gasteiger partial charge is 0.381 e. The van der Waals surface area contributed by atoms with Crippen molar-refractivity contribution >= 4 is 21.8 Å². The molecule has 0 aromatic rings. The van der Waals surface area contributed by atoms with E-state index in [1.807, 2.05) is 11.8 Å². The number of carbonyl (C=O) groups excluding carboxylic acids is 1. The molecule has 5 heteroatoms. The van der Waals surface area contributed by atoms with Crippen molar-refractivity contribution < 1.29 is 14.3 Å². The standard InChI is InChI=1S/C12H20BrNO3/c1-9-7-17-11(5-13)6-14(9)12(15)10-3-2-4-16-8-10/h9-11H,2-8H2,1H3. The van der Waals surface area contributed by atoms with Crippen LogP contribution < -0.4 is 0 Å². The fourth-order valence-electron chi connectivity index (χ4n) is 2.39. The Labute approximate surface area is 111 Å². The first kappa shape index (κ1) is 13.3. The molecule has 0 aromatic heterocycles. The molecule has 0 bridgehead atoms. The van der Waals surface area contributed by atoms with Crippen LogP contribution in [0, 0.1) is 5.92 Å². The molecule has 4 nitrogen and oxygen atoms in total. The summed E-state index contributed by atoms with van der Waals surface area (Å²) in [5.41, 5.74) is 0. The second kappa shape index (κ2) is 6.16. The third kappa shape index (κ3) is 3.20. The summed E-state index contributed by atoms with van der Waals surface area (Å²) < 4.78 is 11.0. The SMILES string of the molecule is CC1COC(CBr)CN1C(=O)C1CCCOC1. The average Bonchev–Trinajstić information content (AvgIpc) is 2.39. The lowest BCUT2D eigenvalue weighted by molar-refractivity contribution is -0.151. The van der Waals surface area contributed by atoms with Crippen LogP contribution in [-0.2, 0) is 14.3 Å². The van der Waals surface area contributed by atoms with E-state index < -0.39 is 0 Å². The van der Waals surface area contributed by atoms with Crippen molar-refractivity contribution in [1.82, 2.24) is 4.90 Å². The molecule has 2 saturated heterocycles. The summed E-state index contributed by atoms with van der Waals surface area (Å²) in [6, 6.07) is 0.180. The van der Waals surface area contributed by atoms with Gasteiger partial charge in [-0.15, -0.1) is 0 Å². The van der Waals surface area contributed by atoms with E-state index in [1.54, 1.807) is 0 Å². The van der Waals surface area contributed by atoms with Crippen molar-refractivity contribution in [3.63, 3.8) is 0 Å². The fraction of sp³-hybridized carbons (Fsp3) is 0.917. The Hall–Kier alpha value is -0.130. The van der Waals surface area contributed by atoms with Crippen LogP contribution in [0.25, 0.3) is 0 Å². The van der Waals surface area contributed by atoms with Gasteiger partial charge in [0.05, 0.1) is 31.3 Å². The monoisotopic (exact) mass is 305 g/mol. The topological polar surface area (TPSA) is 38.8 Å². The first-order valence-electron chi connectivity index (χ1n) is 6.28. The molecule has 2 fully saturated rings. The predicted octanol–water partition coefficient (Wildman–Crippen LogP) is 1.42. The maximum Gasteiger partial charge on any atom is 0.228 e. The highest BCUT2D eigenvalue weighted by Gasteiger charge is 2.33. The highest BCUT2D eigenvalue weighted by molar-refractivity contribution is 9.09. The Morgan fingerprint density at radius 2 is 2.29 bits per heavy atom. The van der Waals surface area contributed by atoms with Gasteiger partial charge in [0, 0.05) is 18.5 Å². The molecule has 2 rings (SSSR count). The van der Waals surface area contributed by atoms with Crippen LogP contribution in [0.15, 0.2) is 0 Å². The number of alkyl halides is 1. The van der Waals surface area contributed by atoms with Crippen molar-refractivity contribution in [2.45, 2.75) is 31.9 Å². The summed E-state index contributed by atoms with van der Waals surface area (Å²) in [6.07, 6.45) is 2.08. The summed E-state index contributed by atoms with van der Waals surface area (Å²) in [4.78, 5) is 14.4. The zero-order chi connectivity index (χ0) is 12.3. The molecule has 2 aliphatic rings. The smallest absolute Gasteiger partial charge is 0.228 e. The Bertz CT molecular complexity index is 268. The molecule has 0 aliphatic carbocycles. The van der Waals surface area contributed by atoms with E-state index in [1.165, 1.54) is 0 Å². The van der Waals surface area contributed by atoms with Gasteiger partial charge >= 0.3 is 0 Å². The maximum atomic E-state index is 12.4. The molecule has 1 amide bonds. The Balaban J connectivity index is 1.95. The minimum absolute atomic E-state index is 0.0558. The number of ether oxygens (including phenoxy) is 2. The molecule has 0 aromatic carbocycles. The van der Waals surface area contributed by atoms with E-state index in [0.29, 0.717) is 19.8 Å². The number of amides is 1. The van der Waals surface area contributed by atoms with Gasteiger partial charge in [0.15, 0.2) is 0 Å². The van der Waals surface area contributed by atoms with Crippen LogP contribution in [0.2, 0.25) is 0 Å². The van der Waals surface area contributed by atoms with Crippen LogP contribution in [0.1, 0.15) is 19.8 Å². The van der Waals surface area contributed by atoms with Crippen molar-refractivity contribution in [2.24, 2.45) is 5.92 Å². The number of morpholine rings is 1. The van der Waals surface area contributed by atoms with E-state index >= 15 is 0 Å². The predicted molar refractivity (Wildman–Crippen MR) is 68.3 cm³/mol. The van der Waals surface area contributed by atoms with E-state index in [2.05, 4.69) is 15.9 Å². The van der Waals surface area contributed by atoms with Crippen LogP contribution in [-0.4, -0.2) is 54.6 Å². The molecule has 0 radical (unpaired) electrons. The zero-order valence-electron chi connectivity index (χ0n) is 10.2. The van der Waals surface area contributed by atoms with Gasteiger partial charge < -0.3 is 14.4 Å². The minimum atomic E-state index is 0.0558. The number of nitrogens with zero attached hydrogens (tertiary/aromatic N) is 1. The molecule has 2 heterocycles. The summed E-state index contributed by atoms with van der Waals surface area (Å²) in [7, 11) is 0. The highest BCUT2D eigenvalue weighted by Crippen LogP contribution is 2.21. The molecule has 0 N–H and O–H groups in total. The van der Waals surface area contributed by atoms with Crippen LogP contribution in [0.3, 0.4) is 0 Å². The van der Waals surface area contributed by atoms with E-state index in [-0.39, 0.29) is 24.0 Å². The maximum absolute atomic E-state index is 12.4. The Morgan fingerprint density at radius 1 is 1.47 bits per heavy atom. The molecule has 3 atom stereocenters. The van der Waals surface area contributed by atoms with Gasteiger partial charge in [-0.1, -0.05) is 15.9 Å². The van der Waals surface area contributed by atoms with Gasteiger partial charge in [0.2, 0.25) is 5.91 Å². The zero-order valence-corrected chi connectivity index (χ0v) is 11.8. The Kier molecular flexibility index (Phi) is 4.82. The molecule has 0 spiro atoms. The van der Waals surface area contributed by atoms with Crippen LogP contribution in [0.4, 0.5) is 0 Å². The van der Waals surface area contributed by atoms with E-state index in [9.17, 15) is 4.79 Å². The van der Waals surface area contributed by atoms with E-state index in [0.717, 1.165) is 24.8 Å². The van der Waals surface area contributed by atoms with Crippen LogP contribution in [0.5, 0.6) is 0 Å². The average molecular weight is 306 g/mol. The van der Waals surface area contributed by atoms with Crippen molar-refractivity contribution in [3.8, 4) is 0 Å². The lowest BCUT2D eigenvalue weighted by Crippen LogP contribution is -2.54. The molecular formula is C12H20BrNO3. The highest BCUT2D eigenvalue weighted by atomic mass is 79.9.